The summed E-state index contributed by atoms with van der Waals surface area (Å²) >= 11 is 0. The van der Waals surface area contributed by atoms with Crippen molar-refractivity contribution in [3.8, 4) is 5.75 Å². The SMILES string of the molecule is Cl.O=C(CC1COCCN1)NC1CCOc2ccc(F)cc21. The number of hydrogen-bond acceptors (Lipinski definition) is 4. The maximum Gasteiger partial charge on any atom is 0.222 e. The zero-order valence-corrected chi connectivity index (χ0v) is 13.0. The third-order valence-electron chi connectivity index (χ3n) is 3.78. The molecule has 1 saturated heterocycles. The zero-order valence-electron chi connectivity index (χ0n) is 12.1. The number of carbonyl (C=O) groups excluding carboxylic acids is 1. The number of hydrogen-bond donors (Lipinski definition) is 2. The van der Waals surface area contributed by atoms with Crippen molar-refractivity contribution < 1.29 is 18.7 Å². The number of rotatable bonds is 3. The van der Waals surface area contributed by atoms with E-state index in [2.05, 4.69) is 10.6 Å². The number of halogens is 2. The molecular formula is C15H20ClFN2O3. The minimum atomic E-state index is -0.319. The summed E-state index contributed by atoms with van der Waals surface area (Å²) in [5, 5.41) is 6.21. The van der Waals surface area contributed by atoms with Gasteiger partial charge in [-0.25, -0.2) is 4.39 Å². The van der Waals surface area contributed by atoms with Crippen LogP contribution in [0.2, 0.25) is 0 Å². The third-order valence-corrected chi connectivity index (χ3v) is 3.78. The van der Waals surface area contributed by atoms with Gasteiger partial charge in [-0.3, -0.25) is 4.79 Å². The van der Waals surface area contributed by atoms with Gasteiger partial charge >= 0.3 is 0 Å². The lowest BCUT2D eigenvalue weighted by Gasteiger charge is -2.28. The van der Waals surface area contributed by atoms with Crippen LogP contribution in [-0.4, -0.2) is 38.3 Å². The Kier molecular flexibility index (Phi) is 5.99. The van der Waals surface area contributed by atoms with Crippen molar-refractivity contribution >= 4 is 18.3 Å². The normalized spacial score (nSPS) is 23.7. The fourth-order valence-electron chi connectivity index (χ4n) is 2.74. The summed E-state index contributed by atoms with van der Waals surface area (Å²) in [6, 6.07) is 4.26. The zero-order chi connectivity index (χ0) is 14.7. The average molecular weight is 331 g/mol. The molecule has 0 aliphatic carbocycles. The van der Waals surface area contributed by atoms with E-state index in [0.717, 1.165) is 6.54 Å². The van der Waals surface area contributed by atoms with E-state index in [-0.39, 0.29) is 36.2 Å². The molecule has 22 heavy (non-hydrogen) atoms. The molecule has 1 aromatic rings. The molecule has 1 fully saturated rings. The number of amides is 1. The molecule has 2 unspecified atom stereocenters. The van der Waals surface area contributed by atoms with Crippen LogP contribution in [0.1, 0.15) is 24.4 Å². The Morgan fingerprint density at radius 2 is 2.27 bits per heavy atom. The smallest absolute Gasteiger partial charge is 0.222 e. The largest absolute Gasteiger partial charge is 0.493 e. The second-order valence-electron chi connectivity index (χ2n) is 5.37. The number of nitrogens with one attached hydrogen (secondary N) is 2. The van der Waals surface area contributed by atoms with Crippen molar-refractivity contribution in [1.82, 2.24) is 10.6 Å². The summed E-state index contributed by atoms with van der Waals surface area (Å²) in [6.45, 7) is 2.52. The standard InChI is InChI=1S/C15H19FN2O3.ClH/c16-10-1-2-14-12(7-10)13(3-5-21-14)18-15(19)8-11-9-20-6-4-17-11;/h1-2,7,11,13,17H,3-6,8-9H2,(H,18,19);1H. The molecule has 1 aromatic carbocycles. The van der Waals surface area contributed by atoms with Crippen LogP contribution >= 0.6 is 12.4 Å². The summed E-state index contributed by atoms with van der Waals surface area (Å²) in [5.41, 5.74) is 0.711. The quantitative estimate of drug-likeness (QED) is 0.883. The maximum absolute atomic E-state index is 13.4. The van der Waals surface area contributed by atoms with Gasteiger partial charge in [0.25, 0.3) is 0 Å². The first-order chi connectivity index (χ1) is 10.2. The van der Waals surface area contributed by atoms with E-state index in [9.17, 15) is 9.18 Å². The van der Waals surface area contributed by atoms with E-state index >= 15 is 0 Å². The van der Waals surface area contributed by atoms with E-state index < -0.39 is 0 Å². The highest BCUT2D eigenvalue weighted by Crippen LogP contribution is 2.32. The van der Waals surface area contributed by atoms with Gasteiger partial charge < -0.3 is 20.1 Å². The Bertz CT molecular complexity index is 524. The first-order valence-corrected chi connectivity index (χ1v) is 7.25. The highest BCUT2D eigenvalue weighted by molar-refractivity contribution is 5.85. The number of ether oxygens (including phenoxy) is 2. The molecule has 0 aromatic heterocycles. The Labute approximate surface area is 135 Å². The van der Waals surface area contributed by atoms with Gasteiger partial charge in [0.15, 0.2) is 0 Å². The second-order valence-corrected chi connectivity index (χ2v) is 5.37. The van der Waals surface area contributed by atoms with Crippen LogP contribution in [0.3, 0.4) is 0 Å². The molecule has 1 amide bonds. The number of carbonyl (C=O) groups is 1. The molecule has 5 nitrogen and oxygen atoms in total. The fraction of sp³-hybridized carbons (Fsp3) is 0.533. The Morgan fingerprint density at radius 1 is 1.41 bits per heavy atom. The molecule has 2 atom stereocenters. The monoisotopic (exact) mass is 330 g/mol. The van der Waals surface area contributed by atoms with E-state index in [4.69, 9.17) is 9.47 Å². The molecule has 2 aliphatic rings. The molecule has 122 valence electrons. The van der Waals surface area contributed by atoms with E-state index in [1.54, 1.807) is 6.07 Å². The second kappa shape index (κ2) is 7.76. The Hall–Kier alpha value is -1.37. The summed E-state index contributed by atoms with van der Waals surface area (Å²) in [5.74, 6) is 0.271. The summed E-state index contributed by atoms with van der Waals surface area (Å²) in [7, 11) is 0. The third kappa shape index (κ3) is 4.09. The van der Waals surface area contributed by atoms with Crippen molar-refractivity contribution in [2.45, 2.75) is 24.9 Å². The van der Waals surface area contributed by atoms with Crippen molar-refractivity contribution in [2.75, 3.05) is 26.4 Å². The lowest BCUT2D eigenvalue weighted by molar-refractivity contribution is -0.123. The molecule has 0 saturated carbocycles. The molecule has 2 aliphatic heterocycles. The maximum atomic E-state index is 13.4. The van der Waals surface area contributed by atoms with Gasteiger partial charge in [0.05, 0.1) is 25.9 Å². The Morgan fingerprint density at radius 3 is 3.05 bits per heavy atom. The average Bonchev–Trinajstić information content (AvgIpc) is 2.49. The van der Waals surface area contributed by atoms with Crippen molar-refractivity contribution in [1.29, 1.82) is 0 Å². The van der Waals surface area contributed by atoms with Crippen molar-refractivity contribution in [3.05, 3.63) is 29.6 Å². The topological polar surface area (TPSA) is 59.6 Å². The highest BCUT2D eigenvalue weighted by atomic mass is 35.5. The predicted molar refractivity (Wildman–Crippen MR) is 81.9 cm³/mol. The molecule has 0 radical (unpaired) electrons. The first kappa shape index (κ1) is 17.0. The lowest BCUT2D eigenvalue weighted by Crippen LogP contribution is -2.45. The van der Waals surface area contributed by atoms with E-state index in [1.807, 2.05) is 0 Å². The molecule has 2 N–H and O–H groups in total. The van der Waals surface area contributed by atoms with Crippen LogP contribution in [0.4, 0.5) is 4.39 Å². The molecular weight excluding hydrogens is 311 g/mol. The van der Waals surface area contributed by atoms with Crippen molar-refractivity contribution in [2.24, 2.45) is 0 Å². The predicted octanol–water partition coefficient (Wildman–Crippen LogP) is 1.57. The number of benzene rings is 1. The molecule has 0 bridgehead atoms. The van der Waals surface area contributed by atoms with Gasteiger partial charge in [0.1, 0.15) is 11.6 Å². The first-order valence-electron chi connectivity index (χ1n) is 7.25. The van der Waals surface area contributed by atoms with Crippen LogP contribution in [0, 0.1) is 5.82 Å². The van der Waals surface area contributed by atoms with Crippen molar-refractivity contribution in [3.63, 3.8) is 0 Å². The lowest BCUT2D eigenvalue weighted by atomic mass is 10.00. The minimum absolute atomic E-state index is 0. The number of morpholine rings is 1. The van der Waals surface area contributed by atoms with Gasteiger partial charge in [0.2, 0.25) is 5.91 Å². The molecule has 3 rings (SSSR count). The molecule has 7 heteroatoms. The van der Waals surface area contributed by atoms with Crippen LogP contribution in [0.25, 0.3) is 0 Å². The highest BCUT2D eigenvalue weighted by Gasteiger charge is 2.25. The Balaban J connectivity index is 0.00000176. The minimum Gasteiger partial charge on any atom is -0.493 e. The fourth-order valence-corrected chi connectivity index (χ4v) is 2.74. The summed E-state index contributed by atoms with van der Waals surface area (Å²) < 4.78 is 24.2. The van der Waals surface area contributed by atoms with Gasteiger partial charge in [-0.2, -0.15) is 0 Å². The van der Waals surface area contributed by atoms with Crippen LogP contribution in [0.5, 0.6) is 5.75 Å². The van der Waals surface area contributed by atoms with Crippen LogP contribution < -0.4 is 15.4 Å². The van der Waals surface area contributed by atoms with Crippen LogP contribution in [0.15, 0.2) is 18.2 Å². The molecule has 2 heterocycles. The van der Waals surface area contributed by atoms with Gasteiger partial charge in [-0.15, -0.1) is 12.4 Å². The van der Waals surface area contributed by atoms with E-state index in [0.29, 0.717) is 44.0 Å². The van der Waals surface area contributed by atoms with Gasteiger partial charge in [0, 0.05) is 31.0 Å². The van der Waals surface area contributed by atoms with E-state index in [1.165, 1.54) is 12.1 Å². The summed E-state index contributed by atoms with van der Waals surface area (Å²) in [4.78, 5) is 12.1. The van der Waals surface area contributed by atoms with Gasteiger partial charge in [-0.1, -0.05) is 0 Å². The van der Waals surface area contributed by atoms with Gasteiger partial charge in [-0.05, 0) is 18.2 Å². The number of fused-ring (bicyclic) bond motifs is 1. The summed E-state index contributed by atoms with van der Waals surface area (Å²) in [6.07, 6.45) is 1.01. The molecule has 0 spiro atoms. The van der Waals surface area contributed by atoms with Crippen LogP contribution in [-0.2, 0) is 9.53 Å².